The molecule has 0 bridgehead atoms. The molecule has 196 valence electrons. The number of hydrogen-bond acceptors (Lipinski definition) is 5. The second-order valence-corrected chi connectivity index (χ2v) is 11.7. The molecule has 1 fully saturated rings. The number of hydrogen-bond donors (Lipinski definition) is 2. The third-order valence-corrected chi connectivity index (χ3v) is 6.75. The molecule has 1 amide bonds. The van der Waals surface area contributed by atoms with Crippen molar-refractivity contribution >= 4 is 12.1 Å². The lowest BCUT2D eigenvalue weighted by molar-refractivity contribution is -0.141. The summed E-state index contributed by atoms with van der Waals surface area (Å²) in [7, 11) is 0. The van der Waals surface area contributed by atoms with Gasteiger partial charge in [0.2, 0.25) is 0 Å². The van der Waals surface area contributed by atoms with Crippen molar-refractivity contribution in [1.29, 1.82) is 0 Å². The smallest absolute Gasteiger partial charge is 0.407 e. The number of carbonyl (C=O) groups is 2. The van der Waals surface area contributed by atoms with Crippen molar-refractivity contribution in [3.63, 3.8) is 0 Å². The molecule has 0 aromatic heterocycles. The van der Waals surface area contributed by atoms with Gasteiger partial charge in [0, 0.05) is 24.9 Å². The van der Waals surface area contributed by atoms with E-state index in [1.54, 1.807) is 6.92 Å². The molecule has 0 spiro atoms. The number of ether oxygens (including phenoxy) is 2. The maximum Gasteiger partial charge on any atom is 0.407 e. The molecular formula is C30H42N2O4. The van der Waals surface area contributed by atoms with E-state index >= 15 is 0 Å². The van der Waals surface area contributed by atoms with Crippen molar-refractivity contribution in [3.8, 4) is 0 Å². The van der Waals surface area contributed by atoms with Crippen LogP contribution in [0.1, 0.15) is 83.1 Å². The van der Waals surface area contributed by atoms with E-state index in [0.717, 1.165) is 0 Å². The van der Waals surface area contributed by atoms with Crippen LogP contribution in [0.25, 0.3) is 0 Å². The van der Waals surface area contributed by atoms with Crippen LogP contribution in [-0.2, 0) is 25.1 Å². The Labute approximate surface area is 216 Å². The fourth-order valence-corrected chi connectivity index (χ4v) is 4.66. The third-order valence-electron chi connectivity index (χ3n) is 6.75. The molecule has 2 N–H and O–H groups in total. The molecule has 2 atom stereocenters. The quantitative estimate of drug-likeness (QED) is 0.502. The van der Waals surface area contributed by atoms with E-state index in [0.29, 0.717) is 13.0 Å². The maximum atomic E-state index is 12.2. The lowest BCUT2D eigenvalue weighted by Crippen LogP contribution is -2.34. The summed E-state index contributed by atoms with van der Waals surface area (Å²) in [5, 5.41) is 6.07. The highest BCUT2D eigenvalue weighted by molar-refractivity contribution is 5.77. The van der Waals surface area contributed by atoms with Gasteiger partial charge >= 0.3 is 12.1 Å². The van der Waals surface area contributed by atoms with Crippen LogP contribution in [0.15, 0.2) is 48.5 Å². The van der Waals surface area contributed by atoms with Crippen molar-refractivity contribution < 1.29 is 19.1 Å². The van der Waals surface area contributed by atoms with Crippen LogP contribution < -0.4 is 10.6 Å². The van der Waals surface area contributed by atoms with Crippen molar-refractivity contribution in [2.24, 2.45) is 0 Å². The number of rotatable bonds is 7. The fourth-order valence-electron chi connectivity index (χ4n) is 4.66. The SMILES string of the molecule is CCOC(=O)CNC(=O)OC1CNC(C(c2ccc(C(C)(C)C)cc2)c2ccc(C(C)(C)C)cc2)C1. The Morgan fingerprint density at radius 3 is 1.86 bits per heavy atom. The Bertz CT molecular complexity index is 959. The Hall–Kier alpha value is -2.86. The van der Waals surface area contributed by atoms with Gasteiger partial charge in [-0.2, -0.15) is 0 Å². The molecule has 2 unspecified atom stereocenters. The molecule has 6 nitrogen and oxygen atoms in total. The predicted octanol–water partition coefficient (Wildman–Crippen LogP) is 5.43. The molecule has 1 saturated heterocycles. The number of carbonyl (C=O) groups excluding carboxylic acids is 2. The summed E-state index contributed by atoms with van der Waals surface area (Å²) in [6, 6.07) is 17.9. The van der Waals surface area contributed by atoms with E-state index in [1.807, 2.05) is 0 Å². The highest BCUT2D eigenvalue weighted by Crippen LogP contribution is 2.35. The first-order valence-corrected chi connectivity index (χ1v) is 12.9. The topological polar surface area (TPSA) is 76.7 Å². The minimum Gasteiger partial charge on any atom is -0.465 e. The average Bonchev–Trinajstić information content (AvgIpc) is 3.25. The summed E-state index contributed by atoms with van der Waals surface area (Å²) >= 11 is 0. The van der Waals surface area contributed by atoms with Gasteiger partial charge in [0.1, 0.15) is 12.6 Å². The molecule has 0 aliphatic carbocycles. The van der Waals surface area contributed by atoms with E-state index in [2.05, 4.69) is 101 Å². The van der Waals surface area contributed by atoms with Gasteiger partial charge in [0.25, 0.3) is 0 Å². The molecule has 0 radical (unpaired) electrons. The first-order chi connectivity index (χ1) is 16.9. The molecule has 0 saturated carbocycles. The standard InChI is InChI=1S/C30H42N2O4/c1-8-35-26(33)19-32-28(34)36-24-17-25(31-18-24)27(20-9-13-22(14-10-20)29(2,3)4)21-11-15-23(16-12-21)30(5,6)7/h9-16,24-25,27,31H,8,17-19H2,1-7H3,(H,32,34). The molecule has 2 aromatic carbocycles. The lowest BCUT2D eigenvalue weighted by Gasteiger charge is -2.27. The summed E-state index contributed by atoms with van der Waals surface area (Å²) in [6.45, 7) is 15.7. The average molecular weight is 495 g/mol. The van der Waals surface area contributed by atoms with Crippen LogP contribution in [0.3, 0.4) is 0 Å². The van der Waals surface area contributed by atoms with Gasteiger partial charge in [-0.05, 0) is 40.0 Å². The first-order valence-electron chi connectivity index (χ1n) is 12.9. The Morgan fingerprint density at radius 1 is 0.917 bits per heavy atom. The zero-order chi connectivity index (χ0) is 26.5. The molecule has 36 heavy (non-hydrogen) atoms. The second kappa shape index (κ2) is 11.5. The molecule has 6 heteroatoms. The molecular weight excluding hydrogens is 452 g/mol. The normalized spacial score (nSPS) is 18.2. The molecule has 3 rings (SSSR count). The molecule has 2 aromatic rings. The zero-order valence-corrected chi connectivity index (χ0v) is 22.8. The third kappa shape index (κ3) is 7.33. The van der Waals surface area contributed by atoms with E-state index in [9.17, 15) is 9.59 Å². The predicted molar refractivity (Wildman–Crippen MR) is 143 cm³/mol. The van der Waals surface area contributed by atoms with Crippen molar-refractivity contribution in [2.75, 3.05) is 19.7 Å². The second-order valence-electron chi connectivity index (χ2n) is 11.7. The van der Waals surface area contributed by atoms with Gasteiger partial charge in [-0.15, -0.1) is 0 Å². The number of benzene rings is 2. The van der Waals surface area contributed by atoms with Gasteiger partial charge < -0.3 is 20.1 Å². The summed E-state index contributed by atoms with van der Waals surface area (Å²) in [5.41, 5.74) is 5.24. The fraction of sp³-hybridized carbons (Fsp3) is 0.533. The number of amides is 1. The van der Waals surface area contributed by atoms with Crippen LogP contribution >= 0.6 is 0 Å². The number of alkyl carbamates (subject to hydrolysis) is 1. The van der Waals surface area contributed by atoms with Crippen molar-refractivity contribution in [2.45, 2.75) is 83.8 Å². The van der Waals surface area contributed by atoms with Gasteiger partial charge in [-0.25, -0.2) is 4.79 Å². The first kappa shape index (κ1) is 27.7. The van der Waals surface area contributed by atoms with Gasteiger partial charge in [0.15, 0.2) is 0 Å². The summed E-state index contributed by atoms with van der Waals surface area (Å²) in [6.07, 6.45) is -0.196. The monoisotopic (exact) mass is 494 g/mol. The summed E-state index contributed by atoms with van der Waals surface area (Å²) < 4.78 is 10.4. The Balaban J connectivity index is 1.78. The Morgan fingerprint density at radius 2 is 1.42 bits per heavy atom. The van der Waals surface area contributed by atoms with Crippen LogP contribution in [0, 0.1) is 0 Å². The van der Waals surface area contributed by atoms with Gasteiger partial charge in [-0.1, -0.05) is 90.1 Å². The zero-order valence-electron chi connectivity index (χ0n) is 22.8. The molecule has 1 aliphatic heterocycles. The van der Waals surface area contributed by atoms with Crippen molar-refractivity contribution in [1.82, 2.24) is 10.6 Å². The van der Waals surface area contributed by atoms with E-state index in [1.165, 1.54) is 22.3 Å². The van der Waals surface area contributed by atoms with E-state index in [4.69, 9.17) is 9.47 Å². The molecule has 1 aliphatic rings. The largest absolute Gasteiger partial charge is 0.465 e. The summed E-state index contributed by atoms with van der Waals surface area (Å²) in [4.78, 5) is 23.7. The maximum absolute atomic E-state index is 12.2. The minimum absolute atomic E-state index is 0.0871. The van der Waals surface area contributed by atoms with Gasteiger partial charge in [0.05, 0.1) is 6.61 Å². The highest BCUT2D eigenvalue weighted by atomic mass is 16.6. The van der Waals surface area contributed by atoms with Crippen LogP contribution in [0.4, 0.5) is 4.79 Å². The Kier molecular flexibility index (Phi) is 8.83. The van der Waals surface area contributed by atoms with Gasteiger partial charge in [-0.3, -0.25) is 4.79 Å². The van der Waals surface area contributed by atoms with Crippen molar-refractivity contribution in [3.05, 3.63) is 70.8 Å². The van der Waals surface area contributed by atoms with E-state index in [-0.39, 0.29) is 42.0 Å². The highest BCUT2D eigenvalue weighted by Gasteiger charge is 2.34. The number of esters is 1. The number of nitrogens with one attached hydrogen (secondary N) is 2. The van der Waals surface area contributed by atoms with Crippen LogP contribution in [-0.4, -0.2) is 43.9 Å². The molecule has 1 heterocycles. The van der Waals surface area contributed by atoms with Crippen LogP contribution in [0.2, 0.25) is 0 Å². The van der Waals surface area contributed by atoms with Crippen LogP contribution in [0.5, 0.6) is 0 Å². The minimum atomic E-state index is -0.601. The lowest BCUT2D eigenvalue weighted by atomic mass is 9.80. The van der Waals surface area contributed by atoms with E-state index < -0.39 is 12.1 Å². The summed E-state index contributed by atoms with van der Waals surface area (Å²) in [5.74, 6) is -0.362.